The standard InChI is InChI=1S/C25H26FN3O4S/c1-18-10-11-23(16-24(18)26)34(31,32)27-20-7-4-8-21(15-20)29-13-5-12-28(25(29)30)17-19-6-3-9-22(14-19)33-2/h3-4,6-11,14-16,27H,5,12-13,17H2,1-2H3. The number of benzene rings is 3. The first-order valence-electron chi connectivity index (χ1n) is 10.9. The summed E-state index contributed by atoms with van der Waals surface area (Å²) in [6.07, 6.45) is 0.772. The molecule has 1 aliphatic rings. The Labute approximate surface area is 198 Å². The molecule has 1 N–H and O–H groups in total. The summed E-state index contributed by atoms with van der Waals surface area (Å²) in [5.74, 6) is 0.138. The molecule has 1 heterocycles. The van der Waals surface area contributed by atoms with Crippen molar-refractivity contribution in [3.05, 3.63) is 83.7 Å². The molecule has 3 aromatic carbocycles. The van der Waals surface area contributed by atoms with Crippen molar-refractivity contribution < 1.29 is 22.3 Å². The third kappa shape index (κ3) is 5.14. The molecule has 2 amide bonds. The maximum absolute atomic E-state index is 13.9. The molecule has 178 valence electrons. The molecule has 0 radical (unpaired) electrons. The number of sulfonamides is 1. The lowest BCUT2D eigenvalue weighted by molar-refractivity contribution is 0.192. The summed E-state index contributed by atoms with van der Waals surface area (Å²) in [6, 6.07) is 17.8. The van der Waals surface area contributed by atoms with Gasteiger partial charge in [-0.05, 0) is 66.9 Å². The molecule has 0 saturated carbocycles. The lowest BCUT2D eigenvalue weighted by atomic mass is 10.1. The highest BCUT2D eigenvalue weighted by Crippen LogP contribution is 2.26. The van der Waals surface area contributed by atoms with Crippen LogP contribution in [0.1, 0.15) is 17.5 Å². The average Bonchev–Trinajstić information content (AvgIpc) is 2.82. The van der Waals surface area contributed by atoms with Gasteiger partial charge < -0.3 is 9.64 Å². The lowest BCUT2D eigenvalue weighted by Gasteiger charge is -2.36. The molecule has 9 heteroatoms. The Hall–Kier alpha value is -3.59. The second-order valence-electron chi connectivity index (χ2n) is 8.13. The van der Waals surface area contributed by atoms with Gasteiger partial charge in [0.2, 0.25) is 0 Å². The van der Waals surface area contributed by atoms with Gasteiger partial charge in [0.15, 0.2) is 0 Å². The van der Waals surface area contributed by atoms with Crippen molar-refractivity contribution >= 4 is 27.4 Å². The number of carbonyl (C=O) groups is 1. The third-order valence-corrected chi connectivity index (χ3v) is 7.06. The number of amides is 2. The number of urea groups is 1. The predicted octanol–water partition coefficient (Wildman–Crippen LogP) is 4.78. The van der Waals surface area contributed by atoms with Crippen molar-refractivity contribution in [2.75, 3.05) is 29.8 Å². The second kappa shape index (κ2) is 9.72. The smallest absolute Gasteiger partial charge is 0.324 e. The first-order chi connectivity index (χ1) is 16.3. The molecule has 1 fully saturated rings. The number of carbonyl (C=O) groups excluding carboxylic acids is 1. The van der Waals surface area contributed by atoms with Crippen LogP contribution in [0.15, 0.2) is 71.6 Å². The van der Waals surface area contributed by atoms with Crippen LogP contribution in [0.3, 0.4) is 0 Å². The number of nitrogens with one attached hydrogen (secondary N) is 1. The molecule has 4 rings (SSSR count). The van der Waals surface area contributed by atoms with Gasteiger partial charge in [-0.25, -0.2) is 17.6 Å². The summed E-state index contributed by atoms with van der Waals surface area (Å²) in [4.78, 5) is 16.4. The number of ether oxygens (including phenoxy) is 1. The molecule has 0 atom stereocenters. The van der Waals surface area contributed by atoms with E-state index in [9.17, 15) is 17.6 Å². The van der Waals surface area contributed by atoms with Gasteiger partial charge in [0.1, 0.15) is 11.6 Å². The third-order valence-electron chi connectivity index (χ3n) is 5.68. The number of anilines is 2. The van der Waals surface area contributed by atoms with Crippen molar-refractivity contribution in [2.45, 2.75) is 24.8 Å². The average molecular weight is 484 g/mol. The van der Waals surface area contributed by atoms with Crippen LogP contribution in [-0.4, -0.2) is 39.5 Å². The van der Waals surface area contributed by atoms with Crippen LogP contribution in [0, 0.1) is 12.7 Å². The predicted molar refractivity (Wildman–Crippen MR) is 129 cm³/mol. The Morgan fingerprint density at radius 2 is 1.82 bits per heavy atom. The number of hydrogen-bond donors (Lipinski definition) is 1. The van der Waals surface area contributed by atoms with Gasteiger partial charge in [0, 0.05) is 25.3 Å². The summed E-state index contributed by atoms with van der Waals surface area (Å²) in [6.45, 7) is 3.15. The number of aryl methyl sites for hydroxylation is 1. The van der Waals surface area contributed by atoms with E-state index in [1.165, 1.54) is 12.1 Å². The fourth-order valence-electron chi connectivity index (χ4n) is 3.85. The monoisotopic (exact) mass is 483 g/mol. The van der Waals surface area contributed by atoms with E-state index in [2.05, 4.69) is 4.72 Å². The lowest BCUT2D eigenvalue weighted by Crippen LogP contribution is -2.49. The Morgan fingerprint density at radius 3 is 2.59 bits per heavy atom. The van der Waals surface area contributed by atoms with E-state index in [0.29, 0.717) is 30.9 Å². The van der Waals surface area contributed by atoms with Crippen molar-refractivity contribution in [3.8, 4) is 5.75 Å². The van der Waals surface area contributed by atoms with E-state index in [1.807, 2.05) is 24.3 Å². The largest absolute Gasteiger partial charge is 0.497 e. The molecular weight excluding hydrogens is 457 g/mol. The summed E-state index contributed by atoms with van der Waals surface area (Å²) in [7, 11) is -2.39. The van der Waals surface area contributed by atoms with E-state index < -0.39 is 15.8 Å². The molecular formula is C25H26FN3O4S. The van der Waals surface area contributed by atoms with Gasteiger partial charge in [0.25, 0.3) is 10.0 Å². The van der Waals surface area contributed by atoms with Crippen LogP contribution in [-0.2, 0) is 16.6 Å². The van der Waals surface area contributed by atoms with Crippen LogP contribution >= 0.6 is 0 Å². The molecule has 1 saturated heterocycles. The molecule has 0 unspecified atom stereocenters. The van der Waals surface area contributed by atoms with E-state index in [-0.39, 0.29) is 16.6 Å². The topological polar surface area (TPSA) is 79.0 Å². The molecule has 34 heavy (non-hydrogen) atoms. The number of rotatable bonds is 7. The van der Waals surface area contributed by atoms with Gasteiger partial charge in [-0.1, -0.05) is 24.3 Å². The Morgan fingerprint density at radius 1 is 1.03 bits per heavy atom. The second-order valence-corrected chi connectivity index (χ2v) is 9.81. The van der Waals surface area contributed by atoms with E-state index >= 15 is 0 Å². The number of halogens is 1. The first kappa shape index (κ1) is 23.6. The molecule has 0 spiro atoms. The maximum Gasteiger partial charge on any atom is 0.324 e. The van der Waals surface area contributed by atoms with Crippen molar-refractivity contribution in [1.82, 2.24) is 4.90 Å². The van der Waals surface area contributed by atoms with Gasteiger partial charge in [-0.3, -0.25) is 9.62 Å². The van der Waals surface area contributed by atoms with Crippen molar-refractivity contribution in [1.29, 1.82) is 0 Å². The molecule has 0 aliphatic carbocycles. The molecule has 0 aromatic heterocycles. The quantitative estimate of drug-likeness (QED) is 0.525. The van der Waals surface area contributed by atoms with Gasteiger partial charge in [-0.2, -0.15) is 0 Å². The van der Waals surface area contributed by atoms with Crippen LogP contribution in [0.2, 0.25) is 0 Å². The van der Waals surface area contributed by atoms with Crippen molar-refractivity contribution in [3.63, 3.8) is 0 Å². The van der Waals surface area contributed by atoms with Crippen molar-refractivity contribution in [2.24, 2.45) is 0 Å². The molecule has 3 aromatic rings. The number of hydrogen-bond acceptors (Lipinski definition) is 4. The van der Waals surface area contributed by atoms with Gasteiger partial charge in [0.05, 0.1) is 17.7 Å². The Bertz CT molecular complexity index is 1310. The highest BCUT2D eigenvalue weighted by molar-refractivity contribution is 7.92. The summed E-state index contributed by atoms with van der Waals surface area (Å²) in [5, 5.41) is 0. The zero-order chi connectivity index (χ0) is 24.3. The minimum Gasteiger partial charge on any atom is -0.497 e. The summed E-state index contributed by atoms with van der Waals surface area (Å²) < 4.78 is 47.1. The van der Waals surface area contributed by atoms with E-state index in [1.54, 1.807) is 48.1 Å². The van der Waals surface area contributed by atoms with E-state index in [0.717, 1.165) is 23.8 Å². The van der Waals surface area contributed by atoms with E-state index in [4.69, 9.17) is 4.74 Å². The Kier molecular flexibility index (Phi) is 6.74. The zero-order valence-corrected chi connectivity index (χ0v) is 19.8. The molecule has 7 nitrogen and oxygen atoms in total. The molecule has 0 bridgehead atoms. The zero-order valence-electron chi connectivity index (χ0n) is 19.0. The first-order valence-corrected chi connectivity index (χ1v) is 12.3. The minimum absolute atomic E-state index is 0.158. The summed E-state index contributed by atoms with van der Waals surface area (Å²) in [5.41, 5.74) is 2.19. The number of methoxy groups -OCH3 is 1. The summed E-state index contributed by atoms with van der Waals surface area (Å²) >= 11 is 0. The van der Waals surface area contributed by atoms with Gasteiger partial charge in [-0.15, -0.1) is 0 Å². The highest BCUT2D eigenvalue weighted by atomic mass is 32.2. The van der Waals surface area contributed by atoms with Crippen LogP contribution in [0.25, 0.3) is 0 Å². The van der Waals surface area contributed by atoms with Crippen LogP contribution in [0.4, 0.5) is 20.6 Å². The molecule has 1 aliphatic heterocycles. The van der Waals surface area contributed by atoms with Crippen LogP contribution < -0.4 is 14.4 Å². The maximum atomic E-state index is 13.9. The normalized spacial score (nSPS) is 14.3. The van der Waals surface area contributed by atoms with Crippen LogP contribution in [0.5, 0.6) is 5.75 Å². The number of nitrogens with zero attached hydrogens (tertiary/aromatic N) is 2. The minimum atomic E-state index is -3.99. The fraction of sp³-hybridized carbons (Fsp3) is 0.240. The SMILES string of the molecule is COc1cccc(CN2CCCN(c3cccc(NS(=O)(=O)c4ccc(C)c(F)c4)c3)C2=O)c1. The Balaban J connectivity index is 1.52. The fourth-order valence-corrected chi connectivity index (χ4v) is 4.91. The highest BCUT2D eigenvalue weighted by Gasteiger charge is 2.27. The van der Waals surface area contributed by atoms with Gasteiger partial charge >= 0.3 is 6.03 Å².